The van der Waals surface area contributed by atoms with Gasteiger partial charge in [-0.05, 0) is 37.5 Å². The average molecular weight is 349 g/mol. The molecular formula is C16H19N3O4S. The van der Waals surface area contributed by atoms with Gasteiger partial charge in [0, 0.05) is 29.8 Å². The van der Waals surface area contributed by atoms with Gasteiger partial charge in [0.1, 0.15) is 15.7 Å². The number of nitro groups is 1. The fourth-order valence-corrected chi connectivity index (χ4v) is 4.36. The van der Waals surface area contributed by atoms with Gasteiger partial charge in [0.05, 0.1) is 15.7 Å². The normalized spacial score (nSPS) is 21.5. The predicted molar refractivity (Wildman–Crippen MR) is 92.9 cm³/mol. The molecule has 2 atom stereocenters. The Kier molecular flexibility index (Phi) is 4.40. The van der Waals surface area contributed by atoms with Crippen LogP contribution < -0.4 is 5.32 Å². The summed E-state index contributed by atoms with van der Waals surface area (Å²) in [4.78, 5) is 14.9. The van der Waals surface area contributed by atoms with Crippen LogP contribution in [0.2, 0.25) is 0 Å². The number of fused-ring (bicyclic) bond motifs is 1. The largest absolute Gasteiger partial charge is 0.367 e. The van der Waals surface area contributed by atoms with Crippen molar-refractivity contribution in [3.05, 3.63) is 40.4 Å². The highest BCUT2D eigenvalue weighted by Gasteiger charge is 2.28. The first-order chi connectivity index (χ1) is 11.3. The van der Waals surface area contributed by atoms with E-state index in [1.165, 1.54) is 18.4 Å². The number of anilines is 1. The topological polar surface area (TPSA) is 102 Å². The molecule has 0 amide bonds. The molecule has 1 aliphatic carbocycles. The third kappa shape index (κ3) is 3.64. The molecule has 0 aliphatic heterocycles. The number of hydrogen-bond acceptors (Lipinski definition) is 6. The van der Waals surface area contributed by atoms with Crippen molar-refractivity contribution >= 4 is 32.2 Å². The van der Waals surface area contributed by atoms with Gasteiger partial charge in [-0.1, -0.05) is 6.42 Å². The van der Waals surface area contributed by atoms with Crippen LogP contribution in [-0.2, 0) is 9.84 Å². The van der Waals surface area contributed by atoms with Crippen LogP contribution in [0.5, 0.6) is 0 Å². The molecule has 1 aromatic heterocycles. The summed E-state index contributed by atoms with van der Waals surface area (Å²) >= 11 is 0. The van der Waals surface area contributed by atoms with Gasteiger partial charge in [0.25, 0.3) is 5.69 Å². The van der Waals surface area contributed by atoms with Gasteiger partial charge in [-0.25, -0.2) is 13.4 Å². The van der Waals surface area contributed by atoms with Gasteiger partial charge in [-0.15, -0.1) is 0 Å². The fourth-order valence-electron chi connectivity index (χ4n) is 3.18. The predicted octanol–water partition coefficient (Wildman–Crippen LogP) is 2.91. The van der Waals surface area contributed by atoms with Crippen molar-refractivity contribution in [3.63, 3.8) is 0 Å². The van der Waals surface area contributed by atoms with E-state index < -0.39 is 14.8 Å². The molecule has 0 radical (unpaired) electrons. The number of benzene rings is 1. The molecule has 0 saturated heterocycles. The van der Waals surface area contributed by atoms with Crippen molar-refractivity contribution in [1.82, 2.24) is 4.98 Å². The van der Waals surface area contributed by atoms with Gasteiger partial charge in [-0.3, -0.25) is 10.1 Å². The number of hydrogen-bond donors (Lipinski definition) is 1. The zero-order valence-electron chi connectivity index (χ0n) is 13.3. The van der Waals surface area contributed by atoms with E-state index in [0.717, 1.165) is 12.8 Å². The molecule has 1 aromatic carbocycles. The minimum atomic E-state index is -3.02. The highest BCUT2D eigenvalue weighted by atomic mass is 32.2. The SMILES string of the molecule is CS(=O)(=O)C1CCCC(Nc2ccc3cc([N+](=O)[O-])ccc3n2)C1. The highest BCUT2D eigenvalue weighted by Crippen LogP contribution is 2.27. The van der Waals surface area contributed by atoms with Crippen LogP contribution in [0.15, 0.2) is 30.3 Å². The summed E-state index contributed by atoms with van der Waals surface area (Å²) in [5.41, 5.74) is 0.703. The Bertz CT molecular complexity index is 882. The molecule has 2 unspecified atom stereocenters. The summed E-state index contributed by atoms with van der Waals surface area (Å²) in [5.74, 6) is 0.663. The molecule has 1 heterocycles. The maximum atomic E-state index is 11.7. The first-order valence-corrected chi connectivity index (χ1v) is 9.79. The molecule has 1 fully saturated rings. The Hall–Kier alpha value is -2.22. The van der Waals surface area contributed by atoms with Crippen LogP contribution in [0.4, 0.5) is 11.5 Å². The lowest BCUT2D eigenvalue weighted by molar-refractivity contribution is -0.384. The quantitative estimate of drug-likeness (QED) is 0.672. The number of pyridine rings is 1. The van der Waals surface area contributed by atoms with Crippen molar-refractivity contribution in [1.29, 1.82) is 0 Å². The second-order valence-corrected chi connectivity index (χ2v) is 8.62. The van der Waals surface area contributed by atoms with E-state index in [-0.39, 0.29) is 17.0 Å². The second kappa shape index (κ2) is 6.35. The summed E-state index contributed by atoms with van der Waals surface area (Å²) in [5, 5.41) is 14.5. The highest BCUT2D eigenvalue weighted by molar-refractivity contribution is 7.91. The van der Waals surface area contributed by atoms with Crippen LogP contribution in [0.25, 0.3) is 10.9 Å². The molecule has 24 heavy (non-hydrogen) atoms. The Labute approximate surface area is 140 Å². The van der Waals surface area contributed by atoms with Gasteiger partial charge in [0.2, 0.25) is 0 Å². The number of non-ortho nitro benzene ring substituents is 1. The van der Waals surface area contributed by atoms with Crippen LogP contribution in [0.1, 0.15) is 25.7 Å². The Morgan fingerprint density at radius 2 is 2.04 bits per heavy atom. The van der Waals surface area contributed by atoms with Crippen LogP contribution in [0.3, 0.4) is 0 Å². The standard InChI is InChI=1S/C16H19N3O4S/c1-24(22,23)14-4-2-3-12(10-14)17-16-8-5-11-9-13(19(20)21)6-7-15(11)18-16/h5-9,12,14H,2-4,10H2,1H3,(H,17,18). The lowest BCUT2D eigenvalue weighted by atomic mass is 9.95. The Balaban J connectivity index is 1.78. The number of nitrogens with one attached hydrogen (secondary N) is 1. The summed E-state index contributed by atoms with van der Waals surface area (Å²) in [7, 11) is -3.02. The number of rotatable bonds is 4. The Morgan fingerprint density at radius 3 is 2.75 bits per heavy atom. The van der Waals surface area contributed by atoms with Crippen molar-refractivity contribution in [2.24, 2.45) is 0 Å². The molecule has 3 rings (SSSR count). The lowest BCUT2D eigenvalue weighted by Gasteiger charge is -2.29. The number of aromatic nitrogens is 1. The summed E-state index contributed by atoms with van der Waals surface area (Å²) < 4.78 is 23.5. The van der Waals surface area contributed by atoms with Gasteiger partial charge < -0.3 is 5.32 Å². The van der Waals surface area contributed by atoms with Crippen molar-refractivity contribution in [2.45, 2.75) is 37.0 Å². The molecular weight excluding hydrogens is 330 g/mol. The van der Waals surface area contributed by atoms with E-state index in [9.17, 15) is 18.5 Å². The molecule has 8 heteroatoms. The molecule has 1 N–H and O–H groups in total. The van der Waals surface area contributed by atoms with E-state index in [1.807, 2.05) is 0 Å². The van der Waals surface area contributed by atoms with E-state index in [2.05, 4.69) is 10.3 Å². The molecule has 0 spiro atoms. The third-order valence-electron chi connectivity index (χ3n) is 4.47. The van der Waals surface area contributed by atoms with Crippen molar-refractivity contribution < 1.29 is 13.3 Å². The van der Waals surface area contributed by atoms with E-state index in [4.69, 9.17) is 0 Å². The molecule has 1 aliphatic rings. The lowest BCUT2D eigenvalue weighted by Crippen LogP contribution is -2.34. The second-order valence-electron chi connectivity index (χ2n) is 6.29. The van der Waals surface area contributed by atoms with E-state index >= 15 is 0 Å². The van der Waals surface area contributed by atoms with Crippen molar-refractivity contribution in [3.8, 4) is 0 Å². The molecule has 7 nitrogen and oxygen atoms in total. The maximum absolute atomic E-state index is 11.7. The average Bonchev–Trinajstić information content (AvgIpc) is 2.53. The summed E-state index contributed by atoms with van der Waals surface area (Å²) in [6, 6.07) is 8.18. The molecule has 2 aromatic rings. The number of sulfone groups is 1. The van der Waals surface area contributed by atoms with Crippen LogP contribution in [0, 0.1) is 10.1 Å². The van der Waals surface area contributed by atoms with Crippen LogP contribution >= 0.6 is 0 Å². The first-order valence-electron chi connectivity index (χ1n) is 7.83. The van der Waals surface area contributed by atoms with Gasteiger partial charge in [-0.2, -0.15) is 0 Å². The summed E-state index contributed by atoms with van der Waals surface area (Å²) in [6.07, 6.45) is 4.37. The molecule has 128 valence electrons. The van der Waals surface area contributed by atoms with E-state index in [1.54, 1.807) is 18.2 Å². The Morgan fingerprint density at radius 1 is 1.25 bits per heavy atom. The monoisotopic (exact) mass is 349 g/mol. The van der Waals surface area contributed by atoms with Crippen LogP contribution in [-0.4, -0.2) is 35.9 Å². The summed E-state index contributed by atoms with van der Waals surface area (Å²) in [6.45, 7) is 0. The third-order valence-corrected chi connectivity index (χ3v) is 6.11. The van der Waals surface area contributed by atoms with Gasteiger partial charge in [0.15, 0.2) is 0 Å². The van der Waals surface area contributed by atoms with Crippen molar-refractivity contribution in [2.75, 3.05) is 11.6 Å². The zero-order valence-corrected chi connectivity index (χ0v) is 14.1. The van der Waals surface area contributed by atoms with E-state index in [0.29, 0.717) is 29.6 Å². The number of nitrogens with zero attached hydrogens (tertiary/aromatic N) is 2. The zero-order chi connectivity index (χ0) is 17.3. The number of nitro benzene ring substituents is 1. The molecule has 1 saturated carbocycles. The fraction of sp³-hybridized carbons (Fsp3) is 0.438. The molecule has 0 bridgehead atoms. The van der Waals surface area contributed by atoms with Gasteiger partial charge >= 0.3 is 0 Å². The minimum absolute atomic E-state index is 0.0354. The first kappa shape index (κ1) is 16.6. The smallest absolute Gasteiger partial charge is 0.270 e. The maximum Gasteiger partial charge on any atom is 0.270 e. The minimum Gasteiger partial charge on any atom is -0.367 e.